The van der Waals surface area contributed by atoms with E-state index in [4.69, 9.17) is 4.74 Å². The number of ether oxygens (including phenoxy) is 1. The summed E-state index contributed by atoms with van der Waals surface area (Å²) in [6, 6.07) is 4.85. The first-order valence-corrected chi connectivity index (χ1v) is 4.63. The van der Waals surface area contributed by atoms with Crippen LogP contribution < -0.4 is 4.74 Å². The van der Waals surface area contributed by atoms with Crippen LogP contribution in [0.4, 0.5) is 5.69 Å². The van der Waals surface area contributed by atoms with Crippen LogP contribution in [0, 0.1) is 10.1 Å². The van der Waals surface area contributed by atoms with Crippen LogP contribution in [0.5, 0.6) is 5.75 Å². The van der Waals surface area contributed by atoms with Gasteiger partial charge in [-0.2, -0.15) is 0 Å². The molecule has 0 bridgehead atoms. The molecule has 0 atom stereocenters. The number of allylic oxidation sites excluding steroid dienone is 1. The number of nitro groups is 1. The van der Waals surface area contributed by atoms with Crippen molar-refractivity contribution in [3.8, 4) is 5.75 Å². The fourth-order valence-corrected chi connectivity index (χ4v) is 1.20. The Kier molecular flexibility index (Phi) is 3.44. The van der Waals surface area contributed by atoms with Gasteiger partial charge in [-0.1, -0.05) is 18.2 Å². The second-order valence-electron chi connectivity index (χ2n) is 3.15. The van der Waals surface area contributed by atoms with Crippen molar-refractivity contribution in [2.75, 3.05) is 6.61 Å². The monoisotopic (exact) mass is 207 g/mol. The first kappa shape index (κ1) is 11.2. The second-order valence-corrected chi connectivity index (χ2v) is 3.15. The predicted octanol–water partition coefficient (Wildman–Crippen LogP) is 3.03. The minimum absolute atomic E-state index is 0.0163. The molecule has 0 aliphatic carbocycles. The van der Waals surface area contributed by atoms with Crippen LogP contribution in [0.25, 0.3) is 5.57 Å². The van der Waals surface area contributed by atoms with E-state index in [0.29, 0.717) is 12.4 Å². The molecule has 1 aromatic rings. The maximum atomic E-state index is 10.8. The van der Waals surface area contributed by atoms with E-state index in [1.54, 1.807) is 26.0 Å². The largest absolute Gasteiger partial charge is 0.487 e. The number of benzene rings is 1. The lowest BCUT2D eigenvalue weighted by atomic mass is 10.1. The van der Waals surface area contributed by atoms with Crippen molar-refractivity contribution in [1.82, 2.24) is 0 Å². The highest BCUT2D eigenvalue weighted by atomic mass is 16.6. The van der Waals surface area contributed by atoms with Crippen molar-refractivity contribution in [1.29, 1.82) is 0 Å². The Labute approximate surface area is 88.3 Å². The lowest BCUT2D eigenvalue weighted by molar-refractivity contribution is -0.385. The van der Waals surface area contributed by atoms with E-state index in [0.717, 1.165) is 11.1 Å². The molecule has 80 valence electrons. The molecular formula is C11H13NO3. The highest BCUT2D eigenvalue weighted by Gasteiger charge is 2.15. The number of nitro benzene ring substituents is 1. The average molecular weight is 207 g/mol. The minimum atomic E-state index is -0.447. The standard InChI is InChI=1S/C11H13NO3/c1-4-15-11-6-5-9(8(2)3)7-10(11)12(13)14/h5-7H,2,4H2,1,3H3. The Hall–Kier alpha value is -1.84. The van der Waals surface area contributed by atoms with E-state index in [2.05, 4.69) is 6.58 Å². The van der Waals surface area contributed by atoms with Gasteiger partial charge in [-0.05, 0) is 25.5 Å². The first-order valence-electron chi connectivity index (χ1n) is 4.63. The molecule has 0 aliphatic heterocycles. The normalized spacial score (nSPS) is 9.73. The van der Waals surface area contributed by atoms with Gasteiger partial charge in [-0.25, -0.2) is 0 Å². The number of rotatable bonds is 4. The topological polar surface area (TPSA) is 52.4 Å². The van der Waals surface area contributed by atoms with E-state index in [1.165, 1.54) is 6.07 Å². The number of hydrogen-bond donors (Lipinski definition) is 0. The minimum Gasteiger partial charge on any atom is -0.487 e. The molecule has 0 saturated carbocycles. The van der Waals surface area contributed by atoms with E-state index in [1.807, 2.05) is 0 Å². The van der Waals surface area contributed by atoms with Gasteiger partial charge >= 0.3 is 5.69 Å². The smallest absolute Gasteiger partial charge is 0.311 e. The first-order chi connectivity index (χ1) is 7.06. The van der Waals surface area contributed by atoms with E-state index in [-0.39, 0.29) is 5.69 Å². The molecule has 0 fully saturated rings. The molecule has 1 aromatic carbocycles. The number of hydrogen-bond acceptors (Lipinski definition) is 3. The Balaban J connectivity index is 3.20. The molecular weight excluding hydrogens is 194 g/mol. The van der Waals surface area contributed by atoms with Crippen LogP contribution in [-0.2, 0) is 0 Å². The fourth-order valence-electron chi connectivity index (χ4n) is 1.20. The molecule has 0 unspecified atom stereocenters. The zero-order valence-corrected chi connectivity index (χ0v) is 8.82. The Morgan fingerprint density at radius 2 is 2.27 bits per heavy atom. The molecule has 4 heteroatoms. The molecule has 4 nitrogen and oxygen atoms in total. The van der Waals surface area contributed by atoms with Gasteiger partial charge in [-0.15, -0.1) is 0 Å². The quantitative estimate of drug-likeness (QED) is 0.563. The van der Waals surface area contributed by atoms with Crippen molar-refractivity contribution < 1.29 is 9.66 Å². The zero-order valence-electron chi connectivity index (χ0n) is 8.82. The van der Waals surface area contributed by atoms with Gasteiger partial charge in [0.2, 0.25) is 0 Å². The summed E-state index contributed by atoms with van der Waals surface area (Å²) in [5.74, 6) is 0.299. The molecule has 0 aliphatic rings. The highest BCUT2D eigenvalue weighted by Crippen LogP contribution is 2.29. The van der Waals surface area contributed by atoms with Crippen LogP contribution in [0.2, 0.25) is 0 Å². The van der Waals surface area contributed by atoms with Gasteiger partial charge < -0.3 is 4.74 Å². The van der Waals surface area contributed by atoms with Gasteiger partial charge in [0.1, 0.15) is 0 Å². The third-order valence-corrected chi connectivity index (χ3v) is 1.95. The van der Waals surface area contributed by atoms with Gasteiger partial charge in [0.15, 0.2) is 5.75 Å². The Bertz CT molecular complexity index is 399. The SMILES string of the molecule is C=C(C)c1ccc(OCC)c([N+](=O)[O-])c1. The molecule has 0 spiro atoms. The molecule has 0 heterocycles. The van der Waals surface area contributed by atoms with Crippen molar-refractivity contribution in [3.63, 3.8) is 0 Å². The molecule has 0 saturated heterocycles. The summed E-state index contributed by atoms with van der Waals surface area (Å²) in [6.45, 7) is 7.74. The van der Waals surface area contributed by atoms with Gasteiger partial charge in [0.05, 0.1) is 11.5 Å². The molecule has 0 N–H and O–H groups in total. The average Bonchev–Trinajstić information content (AvgIpc) is 2.18. The van der Waals surface area contributed by atoms with Crippen LogP contribution in [0.15, 0.2) is 24.8 Å². The van der Waals surface area contributed by atoms with Crippen molar-refractivity contribution in [2.24, 2.45) is 0 Å². The van der Waals surface area contributed by atoms with E-state index < -0.39 is 4.92 Å². The van der Waals surface area contributed by atoms with E-state index in [9.17, 15) is 10.1 Å². The Morgan fingerprint density at radius 1 is 1.60 bits per heavy atom. The van der Waals surface area contributed by atoms with Crippen LogP contribution in [-0.4, -0.2) is 11.5 Å². The fraction of sp³-hybridized carbons (Fsp3) is 0.273. The van der Waals surface area contributed by atoms with Crippen molar-refractivity contribution >= 4 is 11.3 Å². The van der Waals surface area contributed by atoms with Crippen LogP contribution >= 0.6 is 0 Å². The Morgan fingerprint density at radius 3 is 2.73 bits per heavy atom. The molecule has 15 heavy (non-hydrogen) atoms. The lowest BCUT2D eigenvalue weighted by Gasteiger charge is -2.05. The van der Waals surface area contributed by atoms with Crippen LogP contribution in [0.1, 0.15) is 19.4 Å². The second kappa shape index (κ2) is 4.59. The van der Waals surface area contributed by atoms with Crippen molar-refractivity contribution in [2.45, 2.75) is 13.8 Å². The van der Waals surface area contributed by atoms with Crippen LogP contribution in [0.3, 0.4) is 0 Å². The molecule has 0 radical (unpaired) electrons. The maximum Gasteiger partial charge on any atom is 0.311 e. The van der Waals surface area contributed by atoms with Gasteiger partial charge in [0, 0.05) is 6.07 Å². The summed E-state index contributed by atoms with van der Waals surface area (Å²) in [7, 11) is 0. The summed E-state index contributed by atoms with van der Waals surface area (Å²) in [5, 5.41) is 10.8. The molecule has 1 rings (SSSR count). The van der Waals surface area contributed by atoms with E-state index >= 15 is 0 Å². The highest BCUT2D eigenvalue weighted by molar-refractivity contribution is 5.66. The zero-order chi connectivity index (χ0) is 11.4. The van der Waals surface area contributed by atoms with Crippen molar-refractivity contribution in [3.05, 3.63) is 40.5 Å². The summed E-state index contributed by atoms with van der Waals surface area (Å²) >= 11 is 0. The summed E-state index contributed by atoms with van der Waals surface area (Å²) in [4.78, 5) is 10.3. The maximum absolute atomic E-state index is 10.8. The third kappa shape index (κ3) is 2.56. The summed E-state index contributed by atoms with van der Waals surface area (Å²) < 4.78 is 5.16. The van der Waals surface area contributed by atoms with Gasteiger partial charge in [-0.3, -0.25) is 10.1 Å². The predicted molar refractivity (Wildman–Crippen MR) is 59.0 cm³/mol. The van der Waals surface area contributed by atoms with Gasteiger partial charge in [0.25, 0.3) is 0 Å². The summed E-state index contributed by atoms with van der Waals surface area (Å²) in [6.07, 6.45) is 0. The summed E-state index contributed by atoms with van der Waals surface area (Å²) in [5.41, 5.74) is 1.53. The molecule has 0 aromatic heterocycles. The number of nitrogens with zero attached hydrogens (tertiary/aromatic N) is 1. The lowest BCUT2D eigenvalue weighted by Crippen LogP contribution is -1.98. The molecule has 0 amide bonds. The third-order valence-electron chi connectivity index (χ3n) is 1.95.